The molecule has 0 aromatic heterocycles. The first kappa shape index (κ1) is 21.8. The molecule has 0 aliphatic rings. The van der Waals surface area contributed by atoms with Crippen LogP contribution in [0.1, 0.15) is 42.0 Å². The molecule has 2 nitrogen and oxygen atoms in total. The van der Waals surface area contributed by atoms with Gasteiger partial charge in [0.2, 0.25) is 0 Å². The highest BCUT2D eigenvalue weighted by Crippen LogP contribution is 2.39. The molecule has 3 heteroatoms. The van der Waals surface area contributed by atoms with E-state index in [1.165, 1.54) is 22.3 Å². The molecule has 2 rings (SSSR count). The Balaban J connectivity index is 2.62. The average molecular weight is 395 g/mol. The number of benzene rings is 2. The van der Waals surface area contributed by atoms with E-state index in [1.54, 1.807) is 6.08 Å². The standard InChI is InChI=1S/C25H31ClN2/c1-7-10-22(19(6)26)25(20-11-13-23(27-8-2)17(4)15-20)21-12-14-24(28-9-3)18(5)16-21/h7,10-16,25,27-28H,1,6,8-9H2,2-5H3/b22-10+. The number of halogens is 1. The van der Waals surface area contributed by atoms with E-state index in [4.69, 9.17) is 11.6 Å². The highest BCUT2D eigenvalue weighted by molar-refractivity contribution is 6.31. The smallest absolute Gasteiger partial charge is 0.0375 e. The van der Waals surface area contributed by atoms with Crippen LogP contribution in [0, 0.1) is 13.8 Å². The van der Waals surface area contributed by atoms with Gasteiger partial charge in [0.1, 0.15) is 0 Å². The summed E-state index contributed by atoms with van der Waals surface area (Å²) in [6.07, 6.45) is 3.73. The monoisotopic (exact) mass is 394 g/mol. The summed E-state index contributed by atoms with van der Waals surface area (Å²) in [7, 11) is 0. The molecule has 0 bridgehead atoms. The van der Waals surface area contributed by atoms with E-state index in [0.717, 1.165) is 30.0 Å². The number of aryl methyl sites for hydroxylation is 2. The van der Waals surface area contributed by atoms with Gasteiger partial charge in [0.25, 0.3) is 0 Å². The Morgan fingerprint density at radius 1 is 0.964 bits per heavy atom. The zero-order valence-corrected chi connectivity index (χ0v) is 18.2. The number of nitrogens with one attached hydrogen (secondary N) is 2. The Morgan fingerprint density at radius 2 is 1.43 bits per heavy atom. The van der Waals surface area contributed by atoms with Crippen LogP contribution in [0.3, 0.4) is 0 Å². The number of hydrogen-bond acceptors (Lipinski definition) is 2. The third kappa shape index (κ3) is 5.08. The number of anilines is 2. The predicted octanol–water partition coefficient (Wildman–Crippen LogP) is 7.16. The summed E-state index contributed by atoms with van der Waals surface area (Å²) < 4.78 is 0. The zero-order valence-electron chi connectivity index (χ0n) is 17.4. The van der Waals surface area contributed by atoms with Gasteiger partial charge in [-0.1, -0.05) is 61.2 Å². The van der Waals surface area contributed by atoms with Gasteiger partial charge in [-0.05, 0) is 67.7 Å². The van der Waals surface area contributed by atoms with Crippen molar-refractivity contribution in [2.24, 2.45) is 0 Å². The molecule has 0 fully saturated rings. The van der Waals surface area contributed by atoms with Gasteiger partial charge in [0.05, 0.1) is 0 Å². The highest BCUT2D eigenvalue weighted by atomic mass is 35.5. The fourth-order valence-electron chi connectivity index (χ4n) is 3.53. The van der Waals surface area contributed by atoms with Crippen LogP contribution in [0.2, 0.25) is 0 Å². The molecular weight excluding hydrogens is 364 g/mol. The van der Waals surface area contributed by atoms with Gasteiger partial charge in [-0.2, -0.15) is 0 Å². The summed E-state index contributed by atoms with van der Waals surface area (Å²) >= 11 is 6.42. The molecule has 28 heavy (non-hydrogen) atoms. The van der Waals surface area contributed by atoms with Crippen molar-refractivity contribution in [1.82, 2.24) is 0 Å². The van der Waals surface area contributed by atoms with E-state index in [0.29, 0.717) is 5.03 Å². The molecule has 0 amide bonds. The van der Waals surface area contributed by atoms with Crippen LogP contribution in [-0.2, 0) is 0 Å². The Kier molecular flexibility index (Phi) is 7.95. The van der Waals surface area contributed by atoms with Crippen molar-refractivity contribution in [3.63, 3.8) is 0 Å². The lowest BCUT2D eigenvalue weighted by atomic mass is 9.83. The van der Waals surface area contributed by atoms with Crippen molar-refractivity contribution >= 4 is 23.0 Å². The van der Waals surface area contributed by atoms with E-state index in [-0.39, 0.29) is 5.92 Å². The van der Waals surface area contributed by atoms with Crippen LogP contribution in [-0.4, -0.2) is 13.1 Å². The summed E-state index contributed by atoms with van der Waals surface area (Å²) in [4.78, 5) is 0. The van der Waals surface area contributed by atoms with Crippen LogP contribution >= 0.6 is 11.6 Å². The van der Waals surface area contributed by atoms with Crippen LogP contribution < -0.4 is 10.6 Å². The molecule has 0 aliphatic carbocycles. The lowest BCUT2D eigenvalue weighted by Crippen LogP contribution is -2.08. The van der Waals surface area contributed by atoms with E-state index < -0.39 is 0 Å². The predicted molar refractivity (Wildman–Crippen MR) is 126 cm³/mol. The van der Waals surface area contributed by atoms with E-state index in [2.05, 4.69) is 87.9 Å². The first-order valence-corrected chi connectivity index (χ1v) is 10.2. The summed E-state index contributed by atoms with van der Waals surface area (Å²) in [5, 5.41) is 7.35. The van der Waals surface area contributed by atoms with E-state index in [9.17, 15) is 0 Å². The second kappa shape index (κ2) is 10.2. The van der Waals surface area contributed by atoms with Gasteiger partial charge in [-0.3, -0.25) is 0 Å². The zero-order chi connectivity index (χ0) is 20.7. The van der Waals surface area contributed by atoms with Gasteiger partial charge in [0, 0.05) is 35.4 Å². The van der Waals surface area contributed by atoms with Crippen molar-refractivity contribution in [3.05, 3.63) is 94.6 Å². The molecular formula is C25H31ClN2. The topological polar surface area (TPSA) is 24.1 Å². The Labute approximate surface area is 175 Å². The maximum absolute atomic E-state index is 6.42. The molecule has 0 aliphatic heterocycles. The summed E-state index contributed by atoms with van der Waals surface area (Å²) in [5.41, 5.74) is 8.06. The minimum absolute atomic E-state index is 0.00764. The van der Waals surface area contributed by atoms with Gasteiger partial charge < -0.3 is 10.6 Å². The Morgan fingerprint density at radius 3 is 1.75 bits per heavy atom. The van der Waals surface area contributed by atoms with Crippen LogP contribution in [0.5, 0.6) is 0 Å². The molecule has 148 valence electrons. The minimum atomic E-state index is -0.00764. The van der Waals surface area contributed by atoms with E-state index in [1.807, 2.05) is 6.08 Å². The molecule has 0 saturated heterocycles. The van der Waals surface area contributed by atoms with Crippen LogP contribution in [0.15, 0.2) is 72.3 Å². The molecule has 0 saturated carbocycles. The Bertz CT molecular complexity index is 825. The quantitative estimate of drug-likeness (QED) is 0.440. The molecule has 0 unspecified atom stereocenters. The summed E-state index contributed by atoms with van der Waals surface area (Å²) in [6, 6.07) is 13.1. The molecule has 0 radical (unpaired) electrons. The summed E-state index contributed by atoms with van der Waals surface area (Å²) in [6.45, 7) is 18.1. The van der Waals surface area contributed by atoms with Gasteiger partial charge >= 0.3 is 0 Å². The molecule has 2 N–H and O–H groups in total. The molecule has 0 atom stereocenters. The van der Waals surface area contributed by atoms with Gasteiger partial charge in [-0.15, -0.1) is 0 Å². The third-order valence-electron chi connectivity index (χ3n) is 4.82. The lowest BCUT2D eigenvalue weighted by molar-refractivity contribution is 0.966. The highest BCUT2D eigenvalue weighted by Gasteiger charge is 2.21. The summed E-state index contributed by atoms with van der Waals surface area (Å²) in [5.74, 6) is -0.00764. The first-order chi connectivity index (χ1) is 13.4. The fraction of sp³-hybridized carbons (Fsp3) is 0.280. The third-order valence-corrected chi connectivity index (χ3v) is 5.04. The maximum Gasteiger partial charge on any atom is 0.0375 e. The fourth-order valence-corrected chi connectivity index (χ4v) is 3.70. The number of hydrogen-bond donors (Lipinski definition) is 2. The largest absolute Gasteiger partial charge is 0.385 e. The Hall–Kier alpha value is -2.45. The van der Waals surface area contributed by atoms with Crippen LogP contribution in [0.25, 0.3) is 0 Å². The number of rotatable bonds is 9. The molecule has 2 aromatic rings. The SMILES string of the molecule is C=C/C=C(\C(=C)Cl)C(c1ccc(NCC)c(C)c1)c1ccc(NCC)c(C)c1. The molecule has 0 spiro atoms. The van der Waals surface area contributed by atoms with Gasteiger partial charge in [-0.25, -0.2) is 0 Å². The minimum Gasteiger partial charge on any atom is -0.385 e. The van der Waals surface area contributed by atoms with E-state index >= 15 is 0 Å². The van der Waals surface area contributed by atoms with Crippen molar-refractivity contribution in [3.8, 4) is 0 Å². The van der Waals surface area contributed by atoms with Crippen molar-refractivity contribution in [1.29, 1.82) is 0 Å². The normalized spacial score (nSPS) is 11.4. The average Bonchev–Trinajstić information content (AvgIpc) is 2.65. The number of allylic oxidation sites excluding steroid dienone is 4. The molecule has 2 aromatic carbocycles. The van der Waals surface area contributed by atoms with Crippen molar-refractivity contribution in [2.45, 2.75) is 33.6 Å². The van der Waals surface area contributed by atoms with Gasteiger partial charge in [0.15, 0.2) is 0 Å². The first-order valence-electron chi connectivity index (χ1n) is 9.79. The van der Waals surface area contributed by atoms with Crippen molar-refractivity contribution in [2.75, 3.05) is 23.7 Å². The second-order valence-electron chi connectivity index (χ2n) is 6.90. The van der Waals surface area contributed by atoms with Crippen LogP contribution in [0.4, 0.5) is 11.4 Å². The molecule has 0 heterocycles. The lowest BCUT2D eigenvalue weighted by Gasteiger charge is -2.23. The second-order valence-corrected chi connectivity index (χ2v) is 7.36. The maximum atomic E-state index is 6.42. The van der Waals surface area contributed by atoms with Crippen molar-refractivity contribution < 1.29 is 0 Å².